The first-order valence-electron chi connectivity index (χ1n) is 6.28. The van der Waals surface area contributed by atoms with Crippen LogP contribution in [0, 0.1) is 11.7 Å². The van der Waals surface area contributed by atoms with Gasteiger partial charge >= 0.3 is 5.97 Å². The van der Waals surface area contributed by atoms with Crippen molar-refractivity contribution in [3.05, 3.63) is 28.5 Å². The van der Waals surface area contributed by atoms with E-state index in [0.717, 1.165) is 12.1 Å². The topological polar surface area (TPSA) is 72.5 Å². The van der Waals surface area contributed by atoms with Gasteiger partial charge in [-0.1, -0.05) is 36.2 Å². The van der Waals surface area contributed by atoms with E-state index in [0.29, 0.717) is 10.9 Å². The van der Waals surface area contributed by atoms with Gasteiger partial charge in [0.2, 0.25) is 10.0 Å². The van der Waals surface area contributed by atoms with Crippen molar-refractivity contribution in [2.45, 2.75) is 31.2 Å². The van der Waals surface area contributed by atoms with E-state index in [1.54, 1.807) is 6.92 Å². The molecule has 2 atom stereocenters. The summed E-state index contributed by atoms with van der Waals surface area (Å²) < 4.78 is 45.5. The molecule has 118 valence electrons. The van der Waals surface area contributed by atoms with Crippen molar-refractivity contribution < 1.29 is 22.3 Å². The van der Waals surface area contributed by atoms with Crippen LogP contribution in [0.4, 0.5) is 4.39 Å². The maximum atomic E-state index is 13.8. The molecule has 0 fully saturated rings. The predicted octanol–water partition coefficient (Wildman–Crippen LogP) is 2.45. The molecule has 0 aromatic heterocycles. The quantitative estimate of drug-likeness (QED) is 0.768. The number of ether oxygens (including phenoxy) is 1. The number of esters is 1. The molecule has 0 aliphatic heterocycles. The minimum Gasteiger partial charge on any atom is -0.468 e. The van der Waals surface area contributed by atoms with Crippen molar-refractivity contribution in [1.29, 1.82) is 0 Å². The number of rotatable bonds is 6. The van der Waals surface area contributed by atoms with Gasteiger partial charge in [-0.15, -0.1) is 0 Å². The second kappa shape index (κ2) is 7.33. The molecule has 5 nitrogen and oxygen atoms in total. The van der Waals surface area contributed by atoms with Crippen molar-refractivity contribution >= 4 is 31.9 Å². The third kappa shape index (κ3) is 4.49. The molecule has 8 heteroatoms. The Bertz CT molecular complexity index is 621. The van der Waals surface area contributed by atoms with Crippen molar-refractivity contribution in [2.75, 3.05) is 7.11 Å². The van der Waals surface area contributed by atoms with Gasteiger partial charge in [-0.05, 0) is 24.1 Å². The number of hydrogen-bond donors (Lipinski definition) is 1. The van der Waals surface area contributed by atoms with E-state index in [1.807, 2.05) is 6.92 Å². The standard InChI is InChI=1S/C13H17BrFNO4S/c1-4-8(2)12(13(17)20-3)16-21(18,19)11-6-5-9(14)7-10(11)15/h5-8,12,16H,4H2,1-3H3. The van der Waals surface area contributed by atoms with Gasteiger partial charge in [0.15, 0.2) is 0 Å². The minimum atomic E-state index is -4.16. The van der Waals surface area contributed by atoms with E-state index in [4.69, 9.17) is 0 Å². The molecule has 0 heterocycles. The molecule has 1 aromatic rings. The fraction of sp³-hybridized carbons (Fsp3) is 0.462. The number of halogens is 2. The highest BCUT2D eigenvalue weighted by molar-refractivity contribution is 9.10. The van der Waals surface area contributed by atoms with Crippen molar-refractivity contribution in [3.63, 3.8) is 0 Å². The Kier molecular flexibility index (Phi) is 6.30. The molecule has 2 unspecified atom stereocenters. The summed E-state index contributed by atoms with van der Waals surface area (Å²) in [7, 11) is -2.99. The van der Waals surface area contributed by atoms with Crippen LogP contribution in [0.3, 0.4) is 0 Å². The van der Waals surface area contributed by atoms with Gasteiger partial charge in [0.1, 0.15) is 16.8 Å². The van der Waals surface area contributed by atoms with Crippen LogP contribution in [-0.4, -0.2) is 27.5 Å². The van der Waals surface area contributed by atoms with E-state index in [9.17, 15) is 17.6 Å². The van der Waals surface area contributed by atoms with Gasteiger partial charge in [0.05, 0.1) is 7.11 Å². The van der Waals surface area contributed by atoms with E-state index in [-0.39, 0.29) is 5.92 Å². The van der Waals surface area contributed by atoms with Crippen LogP contribution in [-0.2, 0) is 19.6 Å². The van der Waals surface area contributed by atoms with Crippen molar-refractivity contribution in [3.8, 4) is 0 Å². The zero-order valence-electron chi connectivity index (χ0n) is 11.9. The number of sulfonamides is 1. The summed E-state index contributed by atoms with van der Waals surface area (Å²) in [4.78, 5) is 11.2. The van der Waals surface area contributed by atoms with Crippen LogP contribution < -0.4 is 4.72 Å². The average molecular weight is 382 g/mol. The largest absolute Gasteiger partial charge is 0.468 e. The normalized spacial score (nSPS) is 14.5. The lowest BCUT2D eigenvalue weighted by molar-refractivity contribution is -0.143. The summed E-state index contributed by atoms with van der Waals surface area (Å²) in [5.74, 6) is -1.89. The Morgan fingerprint density at radius 2 is 2.10 bits per heavy atom. The monoisotopic (exact) mass is 381 g/mol. The number of nitrogens with one attached hydrogen (secondary N) is 1. The van der Waals surface area contributed by atoms with Crippen LogP contribution in [0.2, 0.25) is 0 Å². The Labute approximate surface area is 132 Å². The fourth-order valence-electron chi connectivity index (χ4n) is 1.68. The second-order valence-corrected chi connectivity index (χ2v) is 7.18. The van der Waals surface area contributed by atoms with Crippen LogP contribution in [0.25, 0.3) is 0 Å². The third-order valence-electron chi connectivity index (χ3n) is 3.13. The molecule has 1 N–H and O–H groups in total. The van der Waals surface area contributed by atoms with Gasteiger partial charge < -0.3 is 4.74 Å². The Hall–Kier alpha value is -0.990. The summed E-state index contributed by atoms with van der Waals surface area (Å²) in [6, 6.07) is 2.53. The maximum Gasteiger partial charge on any atom is 0.324 e. The Balaban J connectivity index is 3.14. The first-order valence-corrected chi connectivity index (χ1v) is 8.55. The van der Waals surface area contributed by atoms with Crippen molar-refractivity contribution in [1.82, 2.24) is 4.72 Å². The summed E-state index contributed by atoms with van der Waals surface area (Å²) in [5.41, 5.74) is 0. The molecule has 0 aliphatic carbocycles. The molecule has 0 saturated carbocycles. The number of carbonyl (C=O) groups excluding carboxylic acids is 1. The molecule has 0 radical (unpaired) electrons. The van der Waals surface area contributed by atoms with E-state index in [2.05, 4.69) is 25.4 Å². The lowest BCUT2D eigenvalue weighted by atomic mass is 10.0. The molecule has 1 aromatic carbocycles. The average Bonchev–Trinajstić information content (AvgIpc) is 2.42. The number of methoxy groups -OCH3 is 1. The fourth-order valence-corrected chi connectivity index (χ4v) is 3.37. The molecule has 21 heavy (non-hydrogen) atoms. The molecule has 0 amide bonds. The van der Waals surface area contributed by atoms with Gasteiger partial charge in [0.25, 0.3) is 0 Å². The molecular weight excluding hydrogens is 365 g/mol. The zero-order valence-corrected chi connectivity index (χ0v) is 14.3. The second-order valence-electron chi connectivity index (χ2n) is 4.58. The number of carbonyl (C=O) groups is 1. The van der Waals surface area contributed by atoms with E-state index >= 15 is 0 Å². The highest BCUT2D eigenvalue weighted by Crippen LogP contribution is 2.21. The van der Waals surface area contributed by atoms with Crippen LogP contribution in [0.1, 0.15) is 20.3 Å². The molecular formula is C13H17BrFNO4S. The Morgan fingerprint density at radius 3 is 2.57 bits per heavy atom. The summed E-state index contributed by atoms with van der Waals surface area (Å²) >= 11 is 3.05. The lowest BCUT2D eigenvalue weighted by Crippen LogP contribution is -2.45. The number of hydrogen-bond acceptors (Lipinski definition) is 4. The lowest BCUT2D eigenvalue weighted by Gasteiger charge is -2.21. The van der Waals surface area contributed by atoms with Gasteiger partial charge in [0, 0.05) is 4.47 Å². The smallest absolute Gasteiger partial charge is 0.324 e. The molecule has 0 aliphatic rings. The van der Waals surface area contributed by atoms with Gasteiger partial charge in [-0.2, -0.15) is 4.72 Å². The minimum absolute atomic E-state index is 0.286. The Morgan fingerprint density at radius 1 is 1.48 bits per heavy atom. The zero-order chi connectivity index (χ0) is 16.2. The van der Waals surface area contributed by atoms with Crippen LogP contribution >= 0.6 is 15.9 Å². The molecule has 0 spiro atoms. The first kappa shape index (κ1) is 18.1. The van der Waals surface area contributed by atoms with Gasteiger partial charge in [-0.25, -0.2) is 12.8 Å². The highest BCUT2D eigenvalue weighted by atomic mass is 79.9. The molecule has 0 saturated heterocycles. The highest BCUT2D eigenvalue weighted by Gasteiger charge is 2.31. The van der Waals surface area contributed by atoms with Gasteiger partial charge in [-0.3, -0.25) is 4.79 Å². The third-order valence-corrected chi connectivity index (χ3v) is 5.10. The van der Waals surface area contributed by atoms with E-state index in [1.165, 1.54) is 13.2 Å². The number of benzene rings is 1. The van der Waals surface area contributed by atoms with Crippen LogP contribution in [0.5, 0.6) is 0 Å². The van der Waals surface area contributed by atoms with Crippen LogP contribution in [0.15, 0.2) is 27.6 Å². The first-order chi connectivity index (χ1) is 9.72. The molecule has 1 rings (SSSR count). The SMILES string of the molecule is CCC(C)C(NS(=O)(=O)c1ccc(Br)cc1F)C(=O)OC. The summed E-state index contributed by atoms with van der Waals surface area (Å²) in [5, 5.41) is 0. The summed E-state index contributed by atoms with van der Waals surface area (Å²) in [6.45, 7) is 3.52. The molecule has 0 bridgehead atoms. The van der Waals surface area contributed by atoms with E-state index < -0.39 is 32.7 Å². The predicted molar refractivity (Wildman–Crippen MR) is 79.7 cm³/mol. The van der Waals surface area contributed by atoms with Crippen molar-refractivity contribution in [2.24, 2.45) is 5.92 Å². The summed E-state index contributed by atoms with van der Waals surface area (Å²) in [6.07, 6.45) is 0.561. The maximum absolute atomic E-state index is 13.8.